The molecule has 1 N–H and O–H groups in total. The maximum absolute atomic E-state index is 12.5. The lowest BCUT2D eigenvalue weighted by Gasteiger charge is -2.10. The fourth-order valence-electron chi connectivity index (χ4n) is 3.08. The molecule has 3 aromatic rings. The number of benzene rings is 2. The van der Waals surface area contributed by atoms with Gasteiger partial charge in [-0.05, 0) is 43.0 Å². The normalized spacial score (nSPS) is 11.4. The van der Waals surface area contributed by atoms with E-state index >= 15 is 0 Å². The molecule has 0 spiro atoms. The van der Waals surface area contributed by atoms with Gasteiger partial charge in [0.25, 0.3) is 0 Å². The monoisotopic (exact) mass is 356 g/mol. The Hall–Kier alpha value is -3.20. The van der Waals surface area contributed by atoms with Crippen molar-refractivity contribution in [2.75, 3.05) is 5.32 Å². The Bertz CT molecular complexity index is 983. The van der Waals surface area contributed by atoms with E-state index in [2.05, 4.69) is 42.0 Å². The molecule has 0 saturated heterocycles. The van der Waals surface area contributed by atoms with Crippen LogP contribution in [-0.2, 0) is 4.79 Å². The van der Waals surface area contributed by atoms with Crippen molar-refractivity contribution in [2.24, 2.45) is 0 Å². The van der Waals surface area contributed by atoms with Crippen LogP contribution in [0.1, 0.15) is 30.4 Å². The molecule has 1 amide bonds. The van der Waals surface area contributed by atoms with E-state index in [9.17, 15) is 4.79 Å². The van der Waals surface area contributed by atoms with Crippen LogP contribution in [0.15, 0.2) is 79.0 Å². The highest BCUT2D eigenvalue weighted by molar-refractivity contribution is 6.00. The first-order valence-corrected chi connectivity index (χ1v) is 9.17. The molecule has 1 aromatic heterocycles. The van der Waals surface area contributed by atoms with Crippen molar-refractivity contribution in [3.05, 3.63) is 90.1 Å². The first kappa shape index (κ1) is 18.6. The molecule has 0 fully saturated rings. The Balaban J connectivity index is 1.69. The molecule has 3 heteroatoms. The number of nitrogens with one attached hydrogen (secondary N) is 1. The van der Waals surface area contributed by atoms with Crippen molar-refractivity contribution in [3.63, 3.8) is 0 Å². The van der Waals surface area contributed by atoms with Gasteiger partial charge in [0.05, 0.1) is 11.2 Å². The molecule has 0 aliphatic rings. The van der Waals surface area contributed by atoms with Crippen molar-refractivity contribution in [1.82, 2.24) is 4.98 Å². The summed E-state index contributed by atoms with van der Waals surface area (Å²) in [4.78, 5) is 16.9. The number of carbonyl (C=O) groups is 1. The van der Waals surface area contributed by atoms with Crippen LogP contribution in [0.5, 0.6) is 0 Å². The largest absolute Gasteiger partial charge is 0.324 e. The van der Waals surface area contributed by atoms with E-state index in [1.165, 1.54) is 16.7 Å². The highest BCUT2D eigenvalue weighted by Crippen LogP contribution is 2.22. The van der Waals surface area contributed by atoms with Gasteiger partial charge >= 0.3 is 0 Å². The number of fused-ring (bicyclic) bond motifs is 1. The second kappa shape index (κ2) is 8.95. The van der Waals surface area contributed by atoms with Gasteiger partial charge in [-0.3, -0.25) is 9.78 Å². The van der Waals surface area contributed by atoms with Crippen molar-refractivity contribution in [2.45, 2.75) is 26.2 Å². The Morgan fingerprint density at radius 1 is 1.07 bits per heavy atom. The summed E-state index contributed by atoms with van der Waals surface area (Å²) in [5, 5.41) is 4.02. The number of hydrogen-bond acceptors (Lipinski definition) is 2. The molecule has 0 saturated carbocycles. The van der Waals surface area contributed by atoms with Gasteiger partial charge in [0.2, 0.25) is 5.91 Å². The van der Waals surface area contributed by atoms with Crippen LogP contribution in [0.4, 0.5) is 5.69 Å². The number of pyridine rings is 1. The van der Waals surface area contributed by atoms with Gasteiger partial charge in [-0.2, -0.15) is 0 Å². The SMILES string of the molecule is C=CC/C(=C/c1ccccc1C)CCC(=O)Nc1cccc2cccnc12. The number of carbonyl (C=O) groups excluding carboxylic acids is 1. The smallest absolute Gasteiger partial charge is 0.224 e. The summed E-state index contributed by atoms with van der Waals surface area (Å²) in [6, 6.07) is 18.0. The first-order valence-electron chi connectivity index (χ1n) is 9.17. The maximum atomic E-state index is 12.5. The van der Waals surface area contributed by atoms with Gasteiger partial charge in [-0.1, -0.05) is 60.2 Å². The number of para-hydroxylation sites is 1. The third-order valence-electron chi connectivity index (χ3n) is 4.53. The number of aromatic nitrogens is 1. The molecule has 0 radical (unpaired) electrons. The topological polar surface area (TPSA) is 42.0 Å². The van der Waals surface area contributed by atoms with Crippen LogP contribution in [0.25, 0.3) is 17.0 Å². The molecule has 0 aliphatic carbocycles. The minimum absolute atomic E-state index is 0.00658. The molecular formula is C24H24N2O. The Morgan fingerprint density at radius 3 is 2.70 bits per heavy atom. The van der Waals surface area contributed by atoms with Crippen LogP contribution >= 0.6 is 0 Å². The molecule has 1 heterocycles. The van der Waals surface area contributed by atoms with E-state index in [1.54, 1.807) is 6.20 Å². The van der Waals surface area contributed by atoms with Crippen LogP contribution in [0, 0.1) is 6.92 Å². The van der Waals surface area contributed by atoms with Gasteiger partial charge in [-0.25, -0.2) is 0 Å². The van der Waals surface area contributed by atoms with Crippen LogP contribution in [-0.4, -0.2) is 10.9 Å². The Morgan fingerprint density at radius 2 is 1.89 bits per heavy atom. The molecule has 3 nitrogen and oxygen atoms in total. The summed E-state index contributed by atoms with van der Waals surface area (Å²) in [5.74, 6) is -0.00658. The molecule has 27 heavy (non-hydrogen) atoms. The summed E-state index contributed by atoms with van der Waals surface area (Å²) in [5.41, 5.74) is 5.19. The highest BCUT2D eigenvalue weighted by Gasteiger charge is 2.08. The zero-order valence-corrected chi connectivity index (χ0v) is 15.6. The molecule has 0 bridgehead atoms. The summed E-state index contributed by atoms with van der Waals surface area (Å²) in [6.45, 7) is 5.94. The van der Waals surface area contributed by atoms with E-state index in [1.807, 2.05) is 48.5 Å². The first-order chi connectivity index (χ1) is 13.2. The van der Waals surface area contributed by atoms with Crippen LogP contribution in [0.3, 0.4) is 0 Å². The lowest BCUT2D eigenvalue weighted by Crippen LogP contribution is -2.12. The van der Waals surface area contributed by atoms with E-state index < -0.39 is 0 Å². The van der Waals surface area contributed by atoms with Crippen molar-refractivity contribution in [3.8, 4) is 0 Å². The van der Waals surface area contributed by atoms with Gasteiger partial charge < -0.3 is 5.32 Å². The summed E-state index contributed by atoms with van der Waals surface area (Å²) < 4.78 is 0. The fourth-order valence-corrected chi connectivity index (χ4v) is 3.08. The van der Waals surface area contributed by atoms with E-state index in [0.29, 0.717) is 12.8 Å². The summed E-state index contributed by atoms with van der Waals surface area (Å²) >= 11 is 0. The van der Waals surface area contributed by atoms with Crippen LogP contribution in [0.2, 0.25) is 0 Å². The van der Waals surface area contributed by atoms with E-state index in [0.717, 1.165) is 23.0 Å². The predicted molar refractivity (Wildman–Crippen MR) is 114 cm³/mol. The second-order valence-electron chi connectivity index (χ2n) is 6.58. The van der Waals surface area contributed by atoms with Crippen molar-refractivity contribution < 1.29 is 4.79 Å². The summed E-state index contributed by atoms with van der Waals surface area (Å²) in [6.07, 6.45) is 7.70. The van der Waals surface area contributed by atoms with E-state index in [-0.39, 0.29) is 5.91 Å². The molecule has 3 rings (SSSR count). The van der Waals surface area contributed by atoms with E-state index in [4.69, 9.17) is 0 Å². The lowest BCUT2D eigenvalue weighted by atomic mass is 10.0. The zero-order chi connectivity index (χ0) is 19.1. The third kappa shape index (κ3) is 4.91. The summed E-state index contributed by atoms with van der Waals surface area (Å²) in [7, 11) is 0. The van der Waals surface area contributed by atoms with Gasteiger partial charge in [0.15, 0.2) is 0 Å². The maximum Gasteiger partial charge on any atom is 0.224 e. The molecule has 0 unspecified atom stereocenters. The molecule has 0 atom stereocenters. The van der Waals surface area contributed by atoms with Gasteiger partial charge in [0.1, 0.15) is 0 Å². The quantitative estimate of drug-likeness (QED) is 0.534. The molecular weight excluding hydrogens is 332 g/mol. The lowest BCUT2D eigenvalue weighted by molar-refractivity contribution is -0.116. The fraction of sp³-hybridized carbons (Fsp3) is 0.167. The Kier molecular flexibility index (Phi) is 6.16. The number of allylic oxidation sites excluding steroid dienone is 2. The number of rotatable bonds is 7. The average molecular weight is 356 g/mol. The minimum atomic E-state index is -0.00658. The van der Waals surface area contributed by atoms with Gasteiger partial charge in [0, 0.05) is 18.0 Å². The highest BCUT2D eigenvalue weighted by atomic mass is 16.1. The number of aryl methyl sites for hydroxylation is 1. The standard InChI is InChI=1S/C24H24N2O/c1-3-8-19(17-21-10-5-4-9-18(21)2)14-15-23(27)26-22-13-6-11-20-12-7-16-25-24(20)22/h3-7,9-13,16-17H,1,8,14-15H2,2H3,(H,26,27)/b19-17-. The van der Waals surface area contributed by atoms with Crippen LogP contribution < -0.4 is 5.32 Å². The number of amides is 1. The number of hydrogen-bond donors (Lipinski definition) is 1. The van der Waals surface area contributed by atoms with Crippen molar-refractivity contribution >= 4 is 28.6 Å². The molecule has 0 aliphatic heterocycles. The predicted octanol–water partition coefficient (Wildman–Crippen LogP) is 5.92. The Labute approximate surface area is 160 Å². The molecule has 136 valence electrons. The second-order valence-corrected chi connectivity index (χ2v) is 6.58. The molecule has 2 aromatic carbocycles. The third-order valence-corrected chi connectivity index (χ3v) is 4.53. The van der Waals surface area contributed by atoms with Gasteiger partial charge in [-0.15, -0.1) is 6.58 Å². The average Bonchev–Trinajstić information content (AvgIpc) is 2.68. The number of nitrogens with zero attached hydrogens (tertiary/aromatic N) is 1. The van der Waals surface area contributed by atoms with Crippen molar-refractivity contribution in [1.29, 1.82) is 0 Å². The minimum Gasteiger partial charge on any atom is -0.324 e. The number of anilines is 1. The zero-order valence-electron chi connectivity index (χ0n) is 15.6.